The minimum absolute atomic E-state index is 0.0220. The molecule has 0 unspecified atom stereocenters. The second-order valence-electron chi connectivity index (χ2n) is 8.25. The summed E-state index contributed by atoms with van der Waals surface area (Å²) in [7, 11) is 0. The lowest BCUT2D eigenvalue weighted by Gasteiger charge is -2.36. The zero-order valence-corrected chi connectivity index (χ0v) is 17.8. The molecule has 0 spiro atoms. The Morgan fingerprint density at radius 3 is 2.61 bits per heavy atom. The summed E-state index contributed by atoms with van der Waals surface area (Å²) in [5, 5.41) is 6.24. The average molecular weight is 398 g/mol. The number of aryl methyl sites for hydroxylation is 1. The van der Waals surface area contributed by atoms with Gasteiger partial charge in [-0.05, 0) is 37.7 Å². The number of benzene rings is 1. The van der Waals surface area contributed by atoms with Crippen LogP contribution in [0, 0.1) is 18.8 Å². The standard InChI is InChI=1S/C22H27N3O2S/c1-5-17(21(26)24-11-13(2)10-14(3)12-24)25-22(27)19-16-8-6-7-9-18(16)28-20(19)15(4)23-25/h6-9,13-14,17H,5,10-12H2,1-4H3/t13-,14+,17-/m1/s1. The molecule has 1 fully saturated rings. The number of hydrogen-bond acceptors (Lipinski definition) is 4. The van der Waals surface area contributed by atoms with Crippen molar-refractivity contribution in [3.05, 3.63) is 40.3 Å². The van der Waals surface area contributed by atoms with Gasteiger partial charge in [-0.1, -0.05) is 39.0 Å². The minimum Gasteiger partial charge on any atom is -0.340 e. The lowest BCUT2D eigenvalue weighted by atomic mass is 9.91. The quantitative estimate of drug-likeness (QED) is 0.659. The molecule has 28 heavy (non-hydrogen) atoms. The topological polar surface area (TPSA) is 55.2 Å². The van der Waals surface area contributed by atoms with E-state index in [2.05, 4.69) is 18.9 Å². The molecule has 1 amide bonds. The third-order valence-electron chi connectivity index (χ3n) is 5.75. The van der Waals surface area contributed by atoms with Gasteiger partial charge in [0.1, 0.15) is 6.04 Å². The van der Waals surface area contributed by atoms with Gasteiger partial charge in [-0.3, -0.25) is 9.59 Å². The number of likely N-dealkylation sites (tertiary alicyclic amines) is 1. The molecule has 1 aliphatic rings. The van der Waals surface area contributed by atoms with Crippen LogP contribution in [-0.4, -0.2) is 33.7 Å². The zero-order valence-electron chi connectivity index (χ0n) is 16.9. The van der Waals surface area contributed by atoms with Gasteiger partial charge in [0.15, 0.2) is 0 Å². The number of carbonyl (C=O) groups excluding carboxylic acids is 1. The number of rotatable bonds is 3. The van der Waals surface area contributed by atoms with Crippen LogP contribution in [0.5, 0.6) is 0 Å². The molecule has 2 aromatic heterocycles. The van der Waals surface area contributed by atoms with E-state index in [0.717, 1.165) is 40.0 Å². The molecule has 1 aliphatic heterocycles. The highest BCUT2D eigenvalue weighted by atomic mass is 32.1. The van der Waals surface area contributed by atoms with Gasteiger partial charge in [-0.25, -0.2) is 4.68 Å². The first-order valence-electron chi connectivity index (χ1n) is 10.1. The van der Waals surface area contributed by atoms with Crippen molar-refractivity contribution in [1.29, 1.82) is 0 Å². The summed E-state index contributed by atoms with van der Waals surface area (Å²) in [6.45, 7) is 9.78. The zero-order chi connectivity index (χ0) is 20.0. The van der Waals surface area contributed by atoms with Gasteiger partial charge in [0.2, 0.25) is 5.91 Å². The summed E-state index contributed by atoms with van der Waals surface area (Å²) in [5.74, 6) is 0.994. The second kappa shape index (κ2) is 7.32. The lowest BCUT2D eigenvalue weighted by Crippen LogP contribution is -2.47. The fourth-order valence-corrected chi connectivity index (χ4v) is 5.73. The summed E-state index contributed by atoms with van der Waals surface area (Å²) in [6.07, 6.45) is 1.70. The second-order valence-corrected chi connectivity index (χ2v) is 9.30. The number of thiophene rings is 1. The van der Waals surface area contributed by atoms with Gasteiger partial charge < -0.3 is 4.90 Å². The van der Waals surface area contributed by atoms with Crippen LogP contribution < -0.4 is 5.56 Å². The van der Waals surface area contributed by atoms with Gasteiger partial charge in [-0.2, -0.15) is 5.10 Å². The predicted molar refractivity (Wildman–Crippen MR) is 115 cm³/mol. The van der Waals surface area contributed by atoms with Crippen LogP contribution in [0.1, 0.15) is 45.3 Å². The number of nitrogens with zero attached hydrogens (tertiary/aromatic N) is 3. The van der Waals surface area contributed by atoms with Crippen molar-refractivity contribution in [2.45, 2.75) is 46.6 Å². The molecule has 3 aromatic rings. The maximum atomic E-state index is 13.4. The molecule has 0 saturated carbocycles. The maximum absolute atomic E-state index is 13.4. The van der Waals surface area contributed by atoms with Crippen molar-refractivity contribution in [3.8, 4) is 0 Å². The number of carbonyl (C=O) groups is 1. The van der Waals surface area contributed by atoms with Crippen LogP contribution in [-0.2, 0) is 4.79 Å². The molecular weight excluding hydrogens is 370 g/mol. The van der Waals surface area contributed by atoms with Gasteiger partial charge in [0.25, 0.3) is 5.56 Å². The first kappa shape index (κ1) is 19.1. The molecule has 0 bridgehead atoms. The van der Waals surface area contributed by atoms with Gasteiger partial charge in [0.05, 0.1) is 15.8 Å². The van der Waals surface area contributed by atoms with Crippen LogP contribution in [0.4, 0.5) is 0 Å². The highest BCUT2D eigenvalue weighted by Crippen LogP contribution is 2.33. The number of amides is 1. The highest BCUT2D eigenvalue weighted by molar-refractivity contribution is 7.26. The van der Waals surface area contributed by atoms with E-state index in [-0.39, 0.29) is 11.5 Å². The van der Waals surface area contributed by atoms with Crippen LogP contribution in [0.25, 0.3) is 20.2 Å². The van der Waals surface area contributed by atoms with Crippen molar-refractivity contribution in [3.63, 3.8) is 0 Å². The van der Waals surface area contributed by atoms with Gasteiger partial charge >= 0.3 is 0 Å². The van der Waals surface area contributed by atoms with Crippen molar-refractivity contribution in [2.75, 3.05) is 13.1 Å². The number of aromatic nitrogens is 2. The molecule has 5 nitrogen and oxygen atoms in total. The predicted octanol–water partition coefficient (Wildman–Crippen LogP) is 4.38. The third kappa shape index (κ3) is 3.13. The monoisotopic (exact) mass is 397 g/mol. The Balaban J connectivity index is 1.82. The summed E-state index contributed by atoms with van der Waals surface area (Å²) in [6, 6.07) is 7.40. The van der Waals surface area contributed by atoms with E-state index in [1.165, 1.54) is 4.68 Å². The van der Waals surface area contributed by atoms with Crippen LogP contribution in [0.3, 0.4) is 0 Å². The summed E-state index contributed by atoms with van der Waals surface area (Å²) < 4.78 is 3.45. The minimum atomic E-state index is -0.549. The Hall–Kier alpha value is -2.21. The third-order valence-corrected chi connectivity index (χ3v) is 7.03. The SMILES string of the molecule is CC[C@H](C(=O)N1C[C@H](C)C[C@H](C)C1)n1nc(C)c2sc3ccccc3c2c1=O. The van der Waals surface area contributed by atoms with E-state index in [4.69, 9.17) is 0 Å². The molecule has 0 radical (unpaired) electrons. The lowest BCUT2D eigenvalue weighted by molar-refractivity contribution is -0.138. The number of piperidine rings is 1. The van der Waals surface area contributed by atoms with Crippen molar-refractivity contribution >= 4 is 37.4 Å². The molecule has 1 aromatic carbocycles. The Labute approximate surface area is 169 Å². The summed E-state index contributed by atoms with van der Waals surface area (Å²) in [5.41, 5.74) is 0.652. The average Bonchev–Trinajstić information content (AvgIpc) is 3.06. The molecule has 3 atom stereocenters. The van der Waals surface area contributed by atoms with Crippen molar-refractivity contribution < 1.29 is 4.79 Å². The smallest absolute Gasteiger partial charge is 0.276 e. The Kier molecular flexibility index (Phi) is 5.00. The van der Waals surface area contributed by atoms with E-state index in [1.54, 1.807) is 11.3 Å². The first-order chi connectivity index (χ1) is 13.4. The molecule has 0 N–H and O–H groups in total. The van der Waals surface area contributed by atoms with Crippen molar-refractivity contribution in [1.82, 2.24) is 14.7 Å². The molecule has 148 valence electrons. The fraction of sp³-hybridized carbons (Fsp3) is 0.500. The molecule has 4 rings (SSSR count). The molecular formula is C22H27N3O2S. The summed E-state index contributed by atoms with van der Waals surface area (Å²) in [4.78, 5) is 28.7. The Morgan fingerprint density at radius 2 is 1.93 bits per heavy atom. The normalized spacial score (nSPS) is 21.4. The van der Waals surface area contributed by atoms with E-state index in [0.29, 0.717) is 23.6 Å². The van der Waals surface area contributed by atoms with E-state index in [9.17, 15) is 9.59 Å². The van der Waals surface area contributed by atoms with Gasteiger partial charge in [-0.15, -0.1) is 11.3 Å². The fourth-order valence-electron chi connectivity index (χ4n) is 4.60. The first-order valence-corrected chi connectivity index (χ1v) is 10.9. The largest absolute Gasteiger partial charge is 0.340 e. The highest BCUT2D eigenvalue weighted by Gasteiger charge is 2.32. The van der Waals surface area contributed by atoms with E-state index >= 15 is 0 Å². The summed E-state index contributed by atoms with van der Waals surface area (Å²) >= 11 is 1.60. The number of hydrogen-bond donors (Lipinski definition) is 0. The van der Waals surface area contributed by atoms with Gasteiger partial charge in [0, 0.05) is 23.2 Å². The Bertz CT molecular complexity index is 1090. The van der Waals surface area contributed by atoms with E-state index in [1.807, 2.05) is 43.0 Å². The van der Waals surface area contributed by atoms with E-state index < -0.39 is 6.04 Å². The molecule has 3 heterocycles. The van der Waals surface area contributed by atoms with Crippen molar-refractivity contribution in [2.24, 2.45) is 11.8 Å². The molecule has 0 aliphatic carbocycles. The Morgan fingerprint density at radius 1 is 1.25 bits per heavy atom. The molecule has 6 heteroatoms. The number of fused-ring (bicyclic) bond motifs is 3. The van der Waals surface area contributed by atoms with Crippen LogP contribution >= 0.6 is 11.3 Å². The molecule has 1 saturated heterocycles. The van der Waals surface area contributed by atoms with Crippen LogP contribution in [0.15, 0.2) is 29.1 Å². The van der Waals surface area contributed by atoms with Crippen LogP contribution in [0.2, 0.25) is 0 Å². The maximum Gasteiger partial charge on any atom is 0.276 e.